The number of nitrogens with zero attached hydrogens (tertiary/aromatic N) is 2. The van der Waals surface area contributed by atoms with Crippen LogP contribution in [0.2, 0.25) is 0 Å². The molecular weight excluding hydrogens is 426 g/mol. The van der Waals surface area contributed by atoms with Crippen LogP contribution in [0.3, 0.4) is 0 Å². The first-order chi connectivity index (χ1) is 15.6. The normalized spacial score (nSPS) is 11.3. The van der Waals surface area contributed by atoms with Crippen LogP contribution in [0.5, 0.6) is 0 Å². The Morgan fingerprint density at radius 1 is 1.18 bits per heavy atom. The summed E-state index contributed by atoms with van der Waals surface area (Å²) in [5.74, 6) is -0.564. The van der Waals surface area contributed by atoms with Crippen molar-refractivity contribution in [3.63, 3.8) is 0 Å². The van der Waals surface area contributed by atoms with Crippen LogP contribution in [0.25, 0.3) is 0 Å². The monoisotopic (exact) mass is 459 g/mol. The average molecular weight is 460 g/mol. The van der Waals surface area contributed by atoms with Crippen LogP contribution in [-0.4, -0.2) is 41.6 Å². The molecule has 2 amide bonds. The highest BCUT2D eigenvalue weighted by atomic mass is 16.5. The number of ether oxygens (including phenoxy) is 1. The van der Waals surface area contributed by atoms with Gasteiger partial charge in [-0.15, -0.1) is 0 Å². The van der Waals surface area contributed by atoms with E-state index in [1.165, 1.54) is 16.6 Å². The molecule has 10 heteroatoms. The number of aromatic nitrogens is 2. The van der Waals surface area contributed by atoms with Gasteiger partial charge in [-0.3, -0.25) is 23.9 Å². The predicted molar refractivity (Wildman–Crippen MR) is 127 cm³/mol. The van der Waals surface area contributed by atoms with Crippen LogP contribution in [0, 0.1) is 5.41 Å². The second-order valence-electron chi connectivity index (χ2n) is 8.71. The van der Waals surface area contributed by atoms with E-state index in [4.69, 9.17) is 10.5 Å². The summed E-state index contributed by atoms with van der Waals surface area (Å²) in [5.41, 5.74) is 4.97. The molecule has 0 radical (unpaired) electrons. The number of H-pyrrole nitrogens is 1. The first-order valence-corrected chi connectivity index (χ1v) is 10.8. The number of nitrogen functional groups attached to an aromatic ring is 1. The molecule has 0 saturated heterocycles. The Morgan fingerprint density at radius 2 is 1.85 bits per heavy atom. The Hall–Kier alpha value is -3.40. The quantitative estimate of drug-likeness (QED) is 0.457. The van der Waals surface area contributed by atoms with E-state index in [1.54, 1.807) is 0 Å². The van der Waals surface area contributed by atoms with Crippen molar-refractivity contribution in [2.45, 2.75) is 46.7 Å². The predicted octanol–water partition coefficient (Wildman–Crippen LogP) is 1.24. The maximum Gasteiger partial charge on any atom is 0.330 e. The molecule has 1 aromatic heterocycles. The third-order valence-corrected chi connectivity index (χ3v) is 5.02. The molecule has 2 rings (SSSR count). The Morgan fingerprint density at radius 3 is 2.45 bits per heavy atom. The fourth-order valence-electron chi connectivity index (χ4n) is 3.14. The molecular formula is C23H33N5O5. The van der Waals surface area contributed by atoms with E-state index in [1.807, 2.05) is 51.1 Å². The van der Waals surface area contributed by atoms with Crippen LogP contribution in [0.4, 0.5) is 11.5 Å². The van der Waals surface area contributed by atoms with Gasteiger partial charge in [0.25, 0.3) is 5.56 Å². The van der Waals surface area contributed by atoms with Gasteiger partial charge in [0.05, 0.1) is 19.7 Å². The highest BCUT2D eigenvalue weighted by Gasteiger charge is 2.25. The van der Waals surface area contributed by atoms with Gasteiger partial charge in [-0.2, -0.15) is 0 Å². The fraction of sp³-hybridized carbons (Fsp3) is 0.478. The minimum absolute atomic E-state index is 0.0767. The van der Waals surface area contributed by atoms with Crippen LogP contribution in [-0.2, 0) is 27.4 Å². The third-order valence-electron chi connectivity index (χ3n) is 5.02. The molecule has 0 aliphatic carbocycles. The van der Waals surface area contributed by atoms with Gasteiger partial charge in [-0.25, -0.2) is 4.79 Å². The molecule has 0 atom stereocenters. The third kappa shape index (κ3) is 7.04. The van der Waals surface area contributed by atoms with Gasteiger partial charge in [0.15, 0.2) is 5.69 Å². The Kier molecular flexibility index (Phi) is 8.98. The summed E-state index contributed by atoms with van der Waals surface area (Å²) in [6.45, 7) is 6.17. The highest BCUT2D eigenvalue weighted by Crippen LogP contribution is 2.21. The Labute approximate surface area is 192 Å². The van der Waals surface area contributed by atoms with E-state index in [9.17, 15) is 19.2 Å². The van der Waals surface area contributed by atoms with E-state index >= 15 is 0 Å². The SMILES string of the molecule is COCCn1c(N)c(N(Cc2ccccc2)C(=O)CCCNC(=O)C(C)(C)C)c(=O)[nH]c1=O. The Balaban J connectivity index is 2.31. The van der Waals surface area contributed by atoms with Crippen molar-refractivity contribution in [1.82, 2.24) is 14.9 Å². The molecule has 10 nitrogen and oxygen atoms in total. The summed E-state index contributed by atoms with van der Waals surface area (Å²) >= 11 is 0. The van der Waals surface area contributed by atoms with E-state index in [0.29, 0.717) is 13.0 Å². The van der Waals surface area contributed by atoms with Crippen LogP contribution >= 0.6 is 0 Å². The fourth-order valence-corrected chi connectivity index (χ4v) is 3.14. The first kappa shape index (κ1) is 25.9. The molecule has 1 aromatic carbocycles. The number of carbonyl (C=O) groups is 2. The van der Waals surface area contributed by atoms with E-state index < -0.39 is 16.7 Å². The van der Waals surface area contributed by atoms with E-state index in [0.717, 1.165) is 5.56 Å². The maximum absolute atomic E-state index is 13.2. The van der Waals surface area contributed by atoms with E-state index in [-0.39, 0.29) is 49.4 Å². The van der Waals surface area contributed by atoms with Crippen molar-refractivity contribution in [2.24, 2.45) is 5.41 Å². The van der Waals surface area contributed by atoms with Gasteiger partial charge in [-0.05, 0) is 12.0 Å². The number of benzene rings is 1. The zero-order valence-electron chi connectivity index (χ0n) is 19.6. The molecule has 0 spiro atoms. The van der Waals surface area contributed by atoms with Crippen molar-refractivity contribution in [2.75, 3.05) is 30.9 Å². The highest BCUT2D eigenvalue weighted by molar-refractivity contribution is 5.95. The van der Waals surface area contributed by atoms with Gasteiger partial charge in [0.2, 0.25) is 11.8 Å². The number of rotatable bonds is 10. The van der Waals surface area contributed by atoms with Gasteiger partial charge >= 0.3 is 5.69 Å². The lowest BCUT2D eigenvalue weighted by atomic mass is 9.96. The molecule has 0 unspecified atom stereocenters. The number of nitrogens with one attached hydrogen (secondary N) is 2. The lowest BCUT2D eigenvalue weighted by Gasteiger charge is -2.25. The molecule has 0 aliphatic heterocycles. The lowest BCUT2D eigenvalue weighted by Crippen LogP contribution is -2.41. The summed E-state index contributed by atoms with van der Waals surface area (Å²) in [4.78, 5) is 53.7. The number of anilines is 2. The smallest absolute Gasteiger partial charge is 0.330 e. The number of amides is 2. The number of carbonyl (C=O) groups excluding carboxylic acids is 2. The van der Waals surface area contributed by atoms with Crippen molar-refractivity contribution in [1.29, 1.82) is 0 Å². The molecule has 1 heterocycles. The van der Waals surface area contributed by atoms with Gasteiger partial charge in [0, 0.05) is 25.5 Å². The van der Waals surface area contributed by atoms with Crippen LogP contribution in [0.1, 0.15) is 39.2 Å². The largest absolute Gasteiger partial charge is 0.383 e. The number of nitrogens with two attached hydrogens (primary N) is 1. The summed E-state index contributed by atoms with van der Waals surface area (Å²) in [5, 5.41) is 2.81. The second kappa shape index (κ2) is 11.5. The van der Waals surface area contributed by atoms with E-state index in [2.05, 4.69) is 10.3 Å². The molecule has 0 bridgehead atoms. The van der Waals surface area contributed by atoms with Gasteiger partial charge in [-0.1, -0.05) is 51.1 Å². The van der Waals surface area contributed by atoms with Crippen molar-refractivity contribution in [3.05, 3.63) is 56.7 Å². The van der Waals surface area contributed by atoms with Crippen LogP contribution < -0.4 is 27.2 Å². The molecule has 0 fully saturated rings. The number of methoxy groups -OCH3 is 1. The van der Waals surface area contributed by atoms with Crippen molar-refractivity contribution in [3.8, 4) is 0 Å². The minimum Gasteiger partial charge on any atom is -0.383 e. The first-order valence-electron chi connectivity index (χ1n) is 10.8. The van der Waals surface area contributed by atoms with Crippen molar-refractivity contribution >= 4 is 23.3 Å². The van der Waals surface area contributed by atoms with Crippen molar-refractivity contribution < 1.29 is 14.3 Å². The number of hydrogen-bond acceptors (Lipinski definition) is 6. The second-order valence-corrected chi connectivity index (χ2v) is 8.71. The summed E-state index contributed by atoms with van der Waals surface area (Å²) in [7, 11) is 1.48. The Bertz CT molecular complexity index is 1070. The standard InChI is InChI=1S/C23H33N5O5/c1-23(2,3)21(31)25-12-8-11-17(29)28(15-16-9-6-5-7-10-16)18-19(24)27(13-14-33-4)22(32)26-20(18)30/h5-7,9-10H,8,11-15,24H2,1-4H3,(H,25,31)(H,26,30,32). The molecule has 0 saturated carbocycles. The van der Waals surface area contributed by atoms with Gasteiger partial charge in [0.1, 0.15) is 5.82 Å². The summed E-state index contributed by atoms with van der Waals surface area (Å²) < 4.78 is 6.19. The maximum atomic E-state index is 13.2. The average Bonchev–Trinajstić information content (AvgIpc) is 2.75. The minimum atomic E-state index is -0.739. The lowest BCUT2D eigenvalue weighted by molar-refractivity contribution is -0.128. The molecule has 2 aromatic rings. The zero-order valence-corrected chi connectivity index (χ0v) is 19.6. The number of hydrogen-bond donors (Lipinski definition) is 3. The summed E-state index contributed by atoms with van der Waals surface area (Å²) in [6.07, 6.45) is 0.459. The van der Waals surface area contributed by atoms with Gasteiger partial charge < -0.3 is 20.7 Å². The molecule has 33 heavy (non-hydrogen) atoms. The number of aromatic amines is 1. The van der Waals surface area contributed by atoms with Crippen LogP contribution in [0.15, 0.2) is 39.9 Å². The topological polar surface area (TPSA) is 140 Å². The summed E-state index contributed by atoms with van der Waals surface area (Å²) in [6, 6.07) is 9.16. The zero-order chi connectivity index (χ0) is 24.6. The molecule has 0 aliphatic rings. The molecule has 180 valence electrons. The molecule has 4 N–H and O–H groups in total.